The average molecular weight is 770 g/mol. The lowest BCUT2D eigenvalue weighted by Crippen LogP contribution is -2.39. The van der Waals surface area contributed by atoms with Gasteiger partial charge in [-0.15, -0.1) is 0 Å². The van der Waals surface area contributed by atoms with E-state index in [2.05, 4.69) is 42.4 Å². The molecular weight excluding hydrogens is 745 g/mol. The van der Waals surface area contributed by atoms with Crippen LogP contribution in [0.3, 0.4) is 0 Å². The van der Waals surface area contributed by atoms with E-state index in [-0.39, 0.29) is 11.5 Å². The minimum atomic E-state index is -4.06. The molecule has 0 heterocycles. The average Bonchev–Trinajstić information content (AvgIpc) is 2.96. The van der Waals surface area contributed by atoms with Gasteiger partial charge in [0.05, 0.1) is 28.4 Å². The normalized spacial score (nSPS) is 11.4. The van der Waals surface area contributed by atoms with E-state index in [4.69, 9.17) is 32.7 Å². The lowest BCUT2D eigenvalue weighted by molar-refractivity contribution is -0.119. The fraction of sp³-hybridized carbons (Fsp3) is 0.133. The maximum Gasteiger partial charge on any atom is 0.264 e. The third kappa shape index (κ3) is 8.51. The van der Waals surface area contributed by atoms with E-state index in [1.165, 1.54) is 25.5 Å². The van der Waals surface area contributed by atoms with Gasteiger partial charge in [0.15, 0.2) is 11.5 Å². The van der Waals surface area contributed by atoms with Crippen LogP contribution in [-0.2, 0) is 21.4 Å². The second-order valence-electron chi connectivity index (χ2n) is 9.16. The Bertz CT molecular complexity index is 1770. The Balaban J connectivity index is 1.49. The Morgan fingerprint density at radius 3 is 2.44 bits per heavy atom. The van der Waals surface area contributed by atoms with Crippen LogP contribution in [0.25, 0.3) is 0 Å². The number of halogens is 4. The molecular formula is C30H25Br2Cl2N3O5S. The predicted octanol–water partition coefficient (Wildman–Crippen LogP) is 7.76. The molecule has 1 amide bonds. The standard InChI is InChI=1S/C30H25Br2Cl2N3O5S/c1-19-6-10-25(11-7-19)43(39,40)37(24-5-3-4-22(31)14-24)17-29(38)36-35-16-20-12-26(32)30(28(13-20)41-2)42-18-21-8-9-23(33)15-27(21)34/h3-16H,17-18H2,1-2H3,(H,36,38)/b35-16-. The monoisotopic (exact) mass is 767 g/mol. The SMILES string of the molecule is COc1cc(/C=N\NC(=O)CN(c2cccc(Br)c2)S(=O)(=O)c2ccc(C)cc2)cc(Br)c1OCc1ccc(Cl)cc1Cl. The number of benzene rings is 4. The number of nitrogens with one attached hydrogen (secondary N) is 1. The van der Waals surface area contributed by atoms with Crippen molar-refractivity contribution in [3.05, 3.63) is 115 Å². The molecule has 4 aromatic carbocycles. The highest BCUT2D eigenvalue weighted by atomic mass is 79.9. The molecule has 0 unspecified atom stereocenters. The van der Waals surface area contributed by atoms with Gasteiger partial charge in [0.2, 0.25) is 0 Å². The molecule has 0 fully saturated rings. The van der Waals surface area contributed by atoms with Crippen LogP contribution in [0.1, 0.15) is 16.7 Å². The highest BCUT2D eigenvalue weighted by Crippen LogP contribution is 2.37. The molecule has 8 nitrogen and oxygen atoms in total. The minimum Gasteiger partial charge on any atom is -0.493 e. The van der Waals surface area contributed by atoms with E-state index in [0.29, 0.717) is 41.7 Å². The first-order chi connectivity index (χ1) is 20.5. The molecule has 13 heteroatoms. The van der Waals surface area contributed by atoms with Crippen molar-refractivity contribution in [2.75, 3.05) is 18.0 Å². The second kappa shape index (κ2) is 14.6. The van der Waals surface area contributed by atoms with Gasteiger partial charge in [-0.3, -0.25) is 9.10 Å². The largest absolute Gasteiger partial charge is 0.493 e. The van der Waals surface area contributed by atoms with Gasteiger partial charge in [-0.1, -0.05) is 69.0 Å². The van der Waals surface area contributed by atoms with E-state index >= 15 is 0 Å². The van der Waals surface area contributed by atoms with Gasteiger partial charge in [0.25, 0.3) is 15.9 Å². The number of hydrogen-bond donors (Lipinski definition) is 1. The maximum absolute atomic E-state index is 13.6. The van der Waals surface area contributed by atoms with Crippen molar-refractivity contribution >= 4 is 82.9 Å². The van der Waals surface area contributed by atoms with Crippen LogP contribution >= 0.6 is 55.1 Å². The van der Waals surface area contributed by atoms with Crippen LogP contribution in [0.5, 0.6) is 11.5 Å². The van der Waals surface area contributed by atoms with E-state index in [0.717, 1.165) is 15.4 Å². The Kier molecular flexibility index (Phi) is 11.1. The molecule has 43 heavy (non-hydrogen) atoms. The van der Waals surface area contributed by atoms with Gasteiger partial charge < -0.3 is 9.47 Å². The number of carbonyl (C=O) groups excluding carboxylic acids is 1. The van der Waals surface area contributed by atoms with Crippen molar-refractivity contribution in [3.8, 4) is 11.5 Å². The first-order valence-electron chi connectivity index (χ1n) is 12.6. The molecule has 0 aromatic heterocycles. The number of hydrazone groups is 1. The zero-order valence-electron chi connectivity index (χ0n) is 22.9. The molecule has 1 N–H and O–H groups in total. The highest BCUT2D eigenvalue weighted by Gasteiger charge is 2.27. The van der Waals surface area contributed by atoms with E-state index in [1.54, 1.807) is 66.7 Å². The Hall–Kier alpha value is -3.09. The Labute approximate surface area is 276 Å². The molecule has 4 aromatic rings. The van der Waals surface area contributed by atoms with Crippen LogP contribution < -0.4 is 19.2 Å². The molecule has 0 atom stereocenters. The molecule has 224 valence electrons. The van der Waals surface area contributed by atoms with Gasteiger partial charge in [-0.2, -0.15) is 5.10 Å². The van der Waals surface area contributed by atoms with Gasteiger partial charge in [0.1, 0.15) is 13.2 Å². The summed E-state index contributed by atoms with van der Waals surface area (Å²) in [6.07, 6.45) is 1.41. The van der Waals surface area contributed by atoms with Crippen LogP contribution in [0.15, 0.2) is 97.8 Å². The number of nitrogens with zero attached hydrogens (tertiary/aromatic N) is 2. The minimum absolute atomic E-state index is 0.0620. The molecule has 0 bridgehead atoms. The zero-order valence-corrected chi connectivity index (χ0v) is 28.4. The summed E-state index contributed by atoms with van der Waals surface area (Å²) in [5.41, 5.74) is 4.96. The molecule has 0 saturated heterocycles. The number of rotatable bonds is 11. The van der Waals surface area contributed by atoms with Gasteiger partial charge in [-0.25, -0.2) is 13.8 Å². The molecule has 0 aliphatic carbocycles. The quantitative estimate of drug-likeness (QED) is 0.124. The summed E-state index contributed by atoms with van der Waals surface area (Å²) >= 11 is 19.1. The van der Waals surface area contributed by atoms with Crippen LogP contribution in [0.2, 0.25) is 10.0 Å². The topological polar surface area (TPSA) is 97.3 Å². The highest BCUT2D eigenvalue weighted by molar-refractivity contribution is 9.10. The number of hydrogen-bond acceptors (Lipinski definition) is 6. The van der Waals surface area contributed by atoms with Crippen LogP contribution in [0.4, 0.5) is 5.69 Å². The number of sulfonamides is 1. The summed E-state index contributed by atoms with van der Waals surface area (Å²) in [4.78, 5) is 13.0. The van der Waals surface area contributed by atoms with Crippen molar-refractivity contribution in [2.45, 2.75) is 18.4 Å². The zero-order chi connectivity index (χ0) is 31.1. The van der Waals surface area contributed by atoms with Crippen molar-refractivity contribution in [1.82, 2.24) is 5.43 Å². The molecule has 0 radical (unpaired) electrons. The predicted molar refractivity (Wildman–Crippen MR) is 177 cm³/mol. The molecule has 0 spiro atoms. The van der Waals surface area contributed by atoms with Crippen LogP contribution in [0, 0.1) is 6.92 Å². The number of amides is 1. The summed E-state index contributed by atoms with van der Waals surface area (Å²) in [6.45, 7) is 1.53. The van der Waals surface area contributed by atoms with Crippen molar-refractivity contribution in [1.29, 1.82) is 0 Å². The third-order valence-corrected chi connectivity index (χ3v) is 9.49. The van der Waals surface area contributed by atoms with E-state index in [1.807, 2.05) is 6.92 Å². The Morgan fingerprint density at radius 2 is 1.77 bits per heavy atom. The Morgan fingerprint density at radius 1 is 1.02 bits per heavy atom. The van der Waals surface area contributed by atoms with Gasteiger partial charge in [0, 0.05) is 20.1 Å². The molecule has 4 rings (SSSR count). The number of methoxy groups -OCH3 is 1. The first-order valence-corrected chi connectivity index (χ1v) is 16.4. The first kappa shape index (κ1) is 32.8. The van der Waals surface area contributed by atoms with E-state index < -0.39 is 22.5 Å². The summed E-state index contributed by atoms with van der Waals surface area (Å²) < 4.78 is 40.8. The van der Waals surface area contributed by atoms with Gasteiger partial charge >= 0.3 is 0 Å². The van der Waals surface area contributed by atoms with Crippen LogP contribution in [-0.4, -0.2) is 34.2 Å². The van der Waals surface area contributed by atoms with Crippen molar-refractivity contribution < 1.29 is 22.7 Å². The maximum atomic E-state index is 13.6. The van der Waals surface area contributed by atoms with E-state index in [9.17, 15) is 13.2 Å². The summed E-state index contributed by atoms with van der Waals surface area (Å²) in [5, 5.41) is 5.03. The van der Waals surface area contributed by atoms with Crippen molar-refractivity contribution in [3.63, 3.8) is 0 Å². The number of aryl methyl sites for hydroxylation is 1. The molecule has 0 aliphatic rings. The summed E-state index contributed by atoms with van der Waals surface area (Å²) in [6, 6.07) is 21.6. The van der Waals surface area contributed by atoms with Gasteiger partial charge in [-0.05, 0) is 83.0 Å². The third-order valence-electron chi connectivity index (χ3n) is 6.03. The smallest absolute Gasteiger partial charge is 0.264 e. The number of anilines is 1. The summed E-state index contributed by atoms with van der Waals surface area (Å²) in [7, 11) is -2.56. The fourth-order valence-corrected chi connectivity index (χ4v) is 6.71. The molecule has 0 saturated carbocycles. The fourth-order valence-electron chi connectivity index (χ4n) is 3.87. The molecule has 0 aliphatic heterocycles. The number of ether oxygens (including phenoxy) is 2. The second-order valence-corrected chi connectivity index (χ2v) is 13.6. The number of carbonyl (C=O) groups is 1. The van der Waals surface area contributed by atoms with Crippen molar-refractivity contribution in [2.24, 2.45) is 5.10 Å². The summed E-state index contributed by atoms with van der Waals surface area (Å²) in [5.74, 6) is 0.218. The lowest BCUT2D eigenvalue weighted by Gasteiger charge is -2.24. The lowest BCUT2D eigenvalue weighted by atomic mass is 10.2.